The molecule has 226 valence electrons. The van der Waals surface area contributed by atoms with E-state index in [1.165, 1.54) is 16.7 Å². The number of pyridine rings is 1. The lowest BCUT2D eigenvalue weighted by molar-refractivity contribution is 1.06. The van der Waals surface area contributed by atoms with Crippen molar-refractivity contribution < 1.29 is 0 Å². The van der Waals surface area contributed by atoms with Gasteiger partial charge in [0.05, 0.1) is 17.8 Å². The van der Waals surface area contributed by atoms with Gasteiger partial charge in [-0.3, -0.25) is 4.99 Å². The van der Waals surface area contributed by atoms with E-state index in [-0.39, 0.29) is 0 Å². The quantitative estimate of drug-likeness (QED) is 0.115. The van der Waals surface area contributed by atoms with Crippen molar-refractivity contribution in [3.63, 3.8) is 0 Å². The summed E-state index contributed by atoms with van der Waals surface area (Å²) in [7, 11) is 1.89. The third-order valence-electron chi connectivity index (χ3n) is 8.07. The van der Waals surface area contributed by atoms with Gasteiger partial charge in [0, 0.05) is 34.7 Å². The van der Waals surface area contributed by atoms with Crippen molar-refractivity contribution in [2.75, 3.05) is 7.05 Å². The van der Waals surface area contributed by atoms with Crippen LogP contribution >= 0.6 is 0 Å². The van der Waals surface area contributed by atoms with Crippen LogP contribution < -0.4 is 5.32 Å². The summed E-state index contributed by atoms with van der Waals surface area (Å²) < 4.78 is 0. The van der Waals surface area contributed by atoms with E-state index in [1.807, 2.05) is 75.5 Å². The van der Waals surface area contributed by atoms with Gasteiger partial charge in [-0.2, -0.15) is 0 Å². The Hall–Kier alpha value is -5.61. The van der Waals surface area contributed by atoms with Crippen LogP contribution in [-0.4, -0.2) is 23.7 Å². The third-order valence-corrected chi connectivity index (χ3v) is 8.07. The molecule has 6 rings (SSSR count). The number of fused-ring (bicyclic) bond motifs is 3. The monoisotopic (exact) mass is 598 g/mol. The van der Waals surface area contributed by atoms with Crippen LogP contribution in [0, 0.1) is 0 Å². The first-order chi connectivity index (χ1) is 22.7. The molecular weight excluding hydrogens is 560 g/mol. The molecule has 0 saturated carbocycles. The van der Waals surface area contributed by atoms with Crippen molar-refractivity contribution in [1.29, 1.82) is 0 Å². The molecule has 1 heterocycles. The number of amidine groups is 2. The predicted octanol–water partition coefficient (Wildman–Crippen LogP) is 10.1. The summed E-state index contributed by atoms with van der Waals surface area (Å²) in [5.74, 6) is 1.47. The minimum Gasteiger partial charge on any atom is -0.373 e. The first-order valence-electron chi connectivity index (χ1n) is 15.8. The fraction of sp³-hybridized carbons (Fsp3) is 0.119. The van der Waals surface area contributed by atoms with Gasteiger partial charge in [0.15, 0.2) is 5.84 Å². The molecule has 0 aliphatic heterocycles. The number of nitrogens with zero attached hydrogens (tertiary/aromatic N) is 3. The van der Waals surface area contributed by atoms with Crippen LogP contribution in [-0.2, 0) is 6.54 Å². The van der Waals surface area contributed by atoms with E-state index in [0.717, 1.165) is 56.7 Å². The maximum atomic E-state index is 5.21. The Morgan fingerprint density at radius 3 is 2.28 bits per heavy atom. The molecule has 1 aliphatic carbocycles. The van der Waals surface area contributed by atoms with Crippen LogP contribution in [0.2, 0.25) is 0 Å². The predicted molar refractivity (Wildman–Crippen MR) is 197 cm³/mol. The Kier molecular flexibility index (Phi) is 9.55. The summed E-state index contributed by atoms with van der Waals surface area (Å²) in [6.45, 7) is 4.54. The second kappa shape index (κ2) is 14.4. The molecule has 1 aliphatic rings. The molecule has 1 aromatic heterocycles. The molecule has 4 aromatic carbocycles. The lowest BCUT2D eigenvalue weighted by atomic mass is 9.94. The van der Waals surface area contributed by atoms with Gasteiger partial charge in [-0.1, -0.05) is 140 Å². The zero-order valence-corrected chi connectivity index (χ0v) is 26.6. The molecule has 0 saturated heterocycles. The molecule has 0 spiro atoms. The number of hydrogen-bond donors (Lipinski definition) is 1. The Labute approximate surface area is 272 Å². The van der Waals surface area contributed by atoms with Gasteiger partial charge < -0.3 is 5.32 Å². The Morgan fingerprint density at radius 2 is 1.57 bits per heavy atom. The van der Waals surface area contributed by atoms with E-state index in [9.17, 15) is 0 Å². The van der Waals surface area contributed by atoms with Gasteiger partial charge in [0.1, 0.15) is 5.84 Å². The van der Waals surface area contributed by atoms with Gasteiger partial charge in [0.25, 0.3) is 0 Å². The summed E-state index contributed by atoms with van der Waals surface area (Å²) in [5, 5.41) is 4.40. The fourth-order valence-electron chi connectivity index (χ4n) is 5.70. The number of nitrogens with one attached hydrogen (secondary N) is 1. The molecule has 46 heavy (non-hydrogen) atoms. The van der Waals surface area contributed by atoms with Crippen LogP contribution in [0.15, 0.2) is 149 Å². The maximum absolute atomic E-state index is 5.21. The number of hydrogen-bond acceptors (Lipinski definition) is 2. The third kappa shape index (κ3) is 6.72. The van der Waals surface area contributed by atoms with E-state index in [0.29, 0.717) is 12.4 Å². The van der Waals surface area contributed by atoms with E-state index >= 15 is 0 Å². The van der Waals surface area contributed by atoms with Crippen LogP contribution in [0.5, 0.6) is 0 Å². The standard InChI is InChI=1S/C42H38N4/c1-4-15-31(5-2)42(46-41(43-3)35-19-12-7-13-20-35)44-29-30-22-24-33(25-23-30)38-28-39(34-17-10-6-11-18-34)45-40-36-21-14-8-9-16-32(36)26-27-37(38)40/h4-7,9-28H,8,29H2,1-3H3,(H,43,44,46)/b15-4-,31-5+. The molecular formula is C42H38N4. The minimum absolute atomic E-state index is 0.511. The number of aliphatic imine (C=N–C) groups is 2. The molecule has 0 amide bonds. The van der Waals surface area contributed by atoms with Gasteiger partial charge in [-0.25, -0.2) is 9.98 Å². The first-order valence-corrected chi connectivity index (χ1v) is 15.8. The smallest absolute Gasteiger partial charge is 0.156 e. The van der Waals surface area contributed by atoms with Gasteiger partial charge in [-0.05, 0) is 48.6 Å². The Morgan fingerprint density at radius 1 is 0.826 bits per heavy atom. The normalized spacial score (nSPS) is 13.7. The molecule has 4 nitrogen and oxygen atoms in total. The van der Waals surface area contributed by atoms with Gasteiger partial charge in [-0.15, -0.1) is 0 Å². The van der Waals surface area contributed by atoms with E-state index in [2.05, 4.69) is 96.4 Å². The minimum atomic E-state index is 0.511. The molecule has 0 fully saturated rings. The SMILES string of the molecule is C\C=C/C(=C\C)C(=N/Cc1ccc(-c2cc(-c3ccccc3)nc3c4c(ccc23)C=CCC=C4)cc1)/N=C(\NC)c1ccccc1. The van der Waals surface area contributed by atoms with E-state index in [1.54, 1.807) is 0 Å². The summed E-state index contributed by atoms with van der Waals surface area (Å²) in [4.78, 5) is 15.2. The summed E-state index contributed by atoms with van der Waals surface area (Å²) in [6.07, 6.45) is 15.9. The van der Waals surface area contributed by atoms with Crippen molar-refractivity contribution in [2.45, 2.75) is 26.8 Å². The van der Waals surface area contributed by atoms with Crippen LogP contribution in [0.4, 0.5) is 0 Å². The van der Waals surface area contributed by atoms with Crippen LogP contribution in [0.25, 0.3) is 45.4 Å². The number of aromatic nitrogens is 1. The molecule has 5 aromatic rings. The average Bonchev–Trinajstić information content (AvgIpc) is 3.38. The lowest BCUT2D eigenvalue weighted by Crippen LogP contribution is -2.21. The van der Waals surface area contributed by atoms with Crippen molar-refractivity contribution in [3.8, 4) is 22.4 Å². The topological polar surface area (TPSA) is 49.6 Å². The van der Waals surface area contributed by atoms with Crippen molar-refractivity contribution in [3.05, 3.63) is 161 Å². The highest BCUT2D eigenvalue weighted by atomic mass is 15.0. The van der Waals surface area contributed by atoms with E-state index < -0.39 is 0 Å². The highest BCUT2D eigenvalue weighted by Gasteiger charge is 2.15. The Bertz CT molecular complexity index is 2010. The van der Waals surface area contributed by atoms with Crippen LogP contribution in [0.1, 0.15) is 42.5 Å². The highest BCUT2D eigenvalue weighted by molar-refractivity contribution is 6.12. The second-order valence-corrected chi connectivity index (χ2v) is 11.1. The molecule has 4 heteroatoms. The average molecular weight is 599 g/mol. The number of rotatable bonds is 7. The summed E-state index contributed by atoms with van der Waals surface area (Å²) >= 11 is 0. The largest absolute Gasteiger partial charge is 0.373 e. The molecule has 0 radical (unpaired) electrons. The van der Waals surface area contributed by atoms with Gasteiger partial charge in [0.2, 0.25) is 0 Å². The van der Waals surface area contributed by atoms with Crippen LogP contribution in [0.3, 0.4) is 0 Å². The number of allylic oxidation sites excluding steroid dienone is 4. The first kappa shape index (κ1) is 30.4. The summed E-state index contributed by atoms with van der Waals surface area (Å²) in [6, 6.07) is 35.9. The molecule has 0 bridgehead atoms. The Balaban J connectivity index is 1.39. The second-order valence-electron chi connectivity index (χ2n) is 11.1. The lowest BCUT2D eigenvalue weighted by Gasteiger charge is -2.14. The summed E-state index contributed by atoms with van der Waals surface area (Å²) in [5.41, 5.74) is 10.9. The maximum Gasteiger partial charge on any atom is 0.156 e. The fourth-order valence-corrected chi connectivity index (χ4v) is 5.70. The molecule has 0 unspecified atom stereocenters. The van der Waals surface area contributed by atoms with E-state index in [4.69, 9.17) is 15.0 Å². The van der Waals surface area contributed by atoms with Crippen molar-refractivity contribution in [2.24, 2.45) is 9.98 Å². The molecule has 1 N–H and O–H groups in total. The number of benzene rings is 4. The zero-order valence-electron chi connectivity index (χ0n) is 26.6. The van der Waals surface area contributed by atoms with Crippen molar-refractivity contribution in [1.82, 2.24) is 10.3 Å². The zero-order chi connectivity index (χ0) is 31.7. The van der Waals surface area contributed by atoms with Crippen molar-refractivity contribution >= 4 is 34.7 Å². The van der Waals surface area contributed by atoms with Gasteiger partial charge >= 0.3 is 0 Å². The molecule has 0 atom stereocenters. The highest BCUT2D eigenvalue weighted by Crippen LogP contribution is 2.36.